The van der Waals surface area contributed by atoms with E-state index in [1.54, 1.807) is 6.20 Å². The van der Waals surface area contributed by atoms with E-state index in [4.69, 9.17) is 4.74 Å². The standard InChI is InChI=1S/C19H15F3N4O4/c20-19(21,22)14-2-4-15(5-3-14)30-10-8-24-18(27)13-1-6-16(17(11-13)26(28)29)25-9-7-23-12-25/h1-7,9,11-12H,8,10H2,(H,24,27). The highest BCUT2D eigenvalue weighted by molar-refractivity contribution is 5.95. The summed E-state index contributed by atoms with van der Waals surface area (Å²) in [4.78, 5) is 26.8. The van der Waals surface area contributed by atoms with E-state index in [-0.39, 0.29) is 35.8 Å². The Hall–Kier alpha value is -3.89. The minimum Gasteiger partial charge on any atom is -0.492 e. The number of benzene rings is 2. The summed E-state index contributed by atoms with van der Waals surface area (Å²) in [6.45, 7) is 0.0588. The number of carbonyl (C=O) groups is 1. The number of ether oxygens (including phenoxy) is 1. The third-order valence-corrected chi connectivity index (χ3v) is 4.05. The fourth-order valence-corrected chi connectivity index (χ4v) is 2.61. The molecule has 1 heterocycles. The number of nitro groups is 1. The van der Waals surface area contributed by atoms with Crippen LogP contribution in [0.2, 0.25) is 0 Å². The van der Waals surface area contributed by atoms with Crippen molar-refractivity contribution in [1.29, 1.82) is 0 Å². The molecule has 8 nitrogen and oxygen atoms in total. The molecule has 2 aromatic carbocycles. The van der Waals surface area contributed by atoms with Crippen LogP contribution in [0.1, 0.15) is 15.9 Å². The molecule has 30 heavy (non-hydrogen) atoms. The summed E-state index contributed by atoms with van der Waals surface area (Å²) >= 11 is 0. The predicted molar refractivity (Wildman–Crippen MR) is 99.5 cm³/mol. The van der Waals surface area contributed by atoms with Crippen LogP contribution < -0.4 is 10.1 Å². The van der Waals surface area contributed by atoms with Crippen LogP contribution in [0.15, 0.2) is 61.2 Å². The lowest BCUT2D eigenvalue weighted by Crippen LogP contribution is -2.28. The summed E-state index contributed by atoms with van der Waals surface area (Å²) in [5, 5.41) is 13.9. The Kier molecular flexibility index (Phi) is 6.00. The average molecular weight is 420 g/mol. The van der Waals surface area contributed by atoms with Gasteiger partial charge in [-0.05, 0) is 36.4 Å². The fraction of sp³-hybridized carbons (Fsp3) is 0.158. The lowest BCUT2D eigenvalue weighted by molar-refractivity contribution is -0.384. The van der Waals surface area contributed by atoms with Crippen LogP contribution in [0, 0.1) is 10.1 Å². The molecule has 0 fully saturated rings. The largest absolute Gasteiger partial charge is 0.492 e. The van der Waals surface area contributed by atoms with Gasteiger partial charge in [0, 0.05) is 24.0 Å². The Morgan fingerprint density at radius 2 is 1.93 bits per heavy atom. The van der Waals surface area contributed by atoms with Crippen molar-refractivity contribution >= 4 is 11.6 Å². The SMILES string of the molecule is O=C(NCCOc1ccc(C(F)(F)F)cc1)c1ccc(-n2ccnc2)c([N+](=O)[O-])c1. The van der Waals surface area contributed by atoms with Crippen LogP contribution in [-0.4, -0.2) is 33.5 Å². The number of amides is 1. The van der Waals surface area contributed by atoms with E-state index >= 15 is 0 Å². The van der Waals surface area contributed by atoms with Crippen molar-refractivity contribution in [3.63, 3.8) is 0 Å². The molecule has 11 heteroatoms. The number of aromatic nitrogens is 2. The first-order valence-corrected chi connectivity index (χ1v) is 8.61. The lowest BCUT2D eigenvalue weighted by Gasteiger charge is -2.10. The number of rotatable bonds is 7. The average Bonchev–Trinajstić information content (AvgIpc) is 3.25. The summed E-state index contributed by atoms with van der Waals surface area (Å²) in [6, 6.07) is 8.19. The molecule has 0 bridgehead atoms. The highest BCUT2D eigenvalue weighted by Crippen LogP contribution is 2.30. The van der Waals surface area contributed by atoms with Gasteiger partial charge in [-0.3, -0.25) is 14.9 Å². The summed E-state index contributed by atoms with van der Waals surface area (Å²) in [7, 11) is 0. The summed E-state index contributed by atoms with van der Waals surface area (Å²) in [5.41, 5.74) is -0.703. The molecule has 1 aromatic heterocycles. The monoisotopic (exact) mass is 420 g/mol. The Bertz CT molecular complexity index is 1030. The quantitative estimate of drug-likeness (QED) is 0.358. The molecular formula is C19H15F3N4O4. The first kappa shape index (κ1) is 20.8. The van der Waals surface area contributed by atoms with Gasteiger partial charge in [-0.15, -0.1) is 0 Å². The molecule has 3 rings (SSSR count). The molecule has 0 radical (unpaired) electrons. The van der Waals surface area contributed by atoms with E-state index in [0.29, 0.717) is 0 Å². The highest BCUT2D eigenvalue weighted by Gasteiger charge is 2.30. The van der Waals surface area contributed by atoms with Gasteiger partial charge in [-0.1, -0.05) is 0 Å². The number of hydrogen-bond donors (Lipinski definition) is 1. The second-order valence-corrected chi connectivity index (χ2v) is 6.06. The molecule has 0 aliphatic rings. The van der Waals surface area contributed by atoms with Gasteiger partial charge in [0.15, 0.2) is 0 Å². The predicted octanol–water partition coefficient (Wildman–Crippen LogP) is 3.61. The third kappa shape index (κ3) is 4.93. The second kappa shape index (κ2) is 8.64. The van der Waals surface area contributed by atoms with Gasteiger partial charge in [0.05, 0.1) is 23.4 Å². The van der Waals surface area contributed by atoms with Crippen molar-refractivity contribution in [2.45, 2.75) is 6.18 Å². The third-order valence-electron chi connectivity index (χ3n) is 4.05. The van der Waals surface area contributed by atoms with E-state index in [1.807, 2.05) is 0 Å². The number of nitrogens with zero attached hydrogens (tertiary/aromatic N) is 3. The van der Waals surface area contributed by atoms with Gasteiger partial charge < -0.3 is 14.6 Å². The van der Waals surface area contributed by atoms with Gasteiger partial charge in [0.25, 0.3) is 11.6 Å². The molecule has 0 saturated heterocycles. The maximum absolute atomic E-state index is 12.5. The summed E-state index contributed by atoms with van der Waals surface area (Å²) in [5.74, 6) is -0.330. The zero-order valence-electron chi connectivity index (χ0n) is 15.3. The molecule has 0 unspecified atom stereocenters. The van der Waals surface area contributed by atoms with Crippen LogP contribution >= 0.6 is 0 Å². The Balaban J connectivity index is 1.57. The molecule has 0 aliphatic carbocycles. The minimum atomic E-state index is -4.43. The number of halogens is 3. The zero-order valence-corrected chi connectivity index (χ0v) is 15.3. The van der Waals surface area contributed by atoms with Crippen LogP contribution in [0.5, 0.6) is 5.75 Å². The molecule has 1 N–H and O–H groups in total. The number of carbonyl (C=O) groups excluding carboxylic acids is 1. The topological polar surface area (TPSA) is 99.3 Å². The van der Waals surface area contributed by atoms with Crippen molar-refractivity contribution in [2.24, 2.45) is 0 Å². The Morgan fingerprint density at radius 3 is 2.53 bits per heavy atom. The molecule has 0 spiro atoms. The first-order valence-electron chi connectivity index (χ1n) is 8.61. The molecule has 0 atom stereocenters. The molecule has 1 amide bonds. The Morgan fingerprint density at radius 1 is 1.20 bits per heavy atom. The van der Waals surface area contributed by atoms with Crippen LogP contribution in [-0.2, 0) is 6.18 Å². The Labute approximate surface area is 168 Å². The fourth-order valence-electron chi connectivity index (χ4n) is 2.61. The minimum absolute atomic E-state index is 0.00627. The van der Waals surface area contributed by atoms with E-state index in [9.17, 15) is 28.1 Å². The molecule has 156 valence electrons. The number of imidazole rings is 1. The van der Waals surface area contributed by atoms with E-state index < -0.39 is 22.6 Å². The number of hydrogen-bond acceptors (Lipinski definition) is 5. The number of alkyl halides is 3. The second-order valence-electron chi connectivity index (χ2n) is 6.06. The normalized spacial score (nSPS) is 11.2. The number of nitro benzene ring substituents is 1. The summed E-state index contributed by atoms with van der Waals surface area (Å²) in [6.07, 6.45) is -0.00906. The first-order chi connectivity index (χ1) is 14.3. The molecule has 0 aliphatic heterocycles. The van der Waals surface area contributed by atoms with Crippen molar-refractivity contribution in [1.82, 2.24) is 14.9 Å². The van der Waals surface area contributed by atoms with Crippen LogP contribution in [0.4, 0.5) is 18.9 Å². The molecule has 0 saturated carbocycles. The maximum atomic E-state index is 12.5. The van der Waals surface area contributed by atoms with Crippen molar-refractivity contribution in [2.75, 3.05) is 13.2 Å². The van der Waals surface area contributed by atoms with E-state index in [0.717, 1.165) is 18.2 Å². The summed E-state index contributed by atoms with van der Waals surface area (Å²) < 4.78 is 44.3. The van der Waals surface area contributed by atoms with E-state index in [1.165, 1.54) is 41.4 Å². The zero-order chi connectivity index (χ0) is 21.7. The van der Waals surface area contributed by atoms with Crippen molar-refractivity contribution in [3.8, 4) is 11.4 Å². The number of nitrogens with one attached hydrogen (secondary N) is 1. The van der Waals surface area contributed by atoms with Gasteiger partial charge in [0.2, 0.25) is 0 Å². The molecule has 3 aromatic rings. The van der Waals surface area contributed by atoms with Crippen molar-refractivity contribution < 1.29 is 27.6 Å². The van der Waals surface area contributed by atoms with Gasteiger partial charge in [-0.2, -0.15) is 13.2 Å². The van der Waals surface area contributed by atoms with Crippen molar-refractivity contribution in [3.05, 3.63) is 82.4 Å². The maximum Gasteiger partial charge on any atom is 0.416 e. The smallest absolute Gasteiger partial charge is 0.416 e. The van der Waals surface area contributed by atoms with Gasteiger partial charge >= 0.3 is 6.18 Å². The van der Waals surface area contributed by atoms with Gasteiger partial charge in [-0.25, -0.2) is 4.98 Å². The van der Waals surface area contributed by atoms with E-state index in [2.05, 4.69) is 10.3 Å². The van der Waals surface area contributed by atoms with Crippen LogP contribution in [0.3, 0.4) is 0 Å². The van der Waals surface area contributed by atoms with Gasteiger partial charge in [0.1, 0.15) is 18.0 Å². The van der Waals surface area contributed by atoms with Crippen LogP contribution in [0.25, 0.3) is 5.69 Å². The lowest BCUT2D eigenvalue weighted by atomic mass is 10.1. The highest BCUT2D eigenvalue weighted by atomic mass is 19.4. The molecular weight excluding hydrogens is 405 g/mol.